The maximum atomic E-state index is 5.82. The van der Waals surface area contributed by atoms with Crippen LogP contribution in [0, 0.1) is 11.8 Å². The van der Waals surface area contributed by atoms with Crippen molar-refractivity contribution in [2.45, 2.75) is 25.7 Å². The molecule has 0 bridgehead atoms. The van der Waals surface area contributed by atoms with E-state index in [-0.39, 0.29) is 7.92 Å². The molecule has 0 heterocycles. The lowest BCUT2D eigenvalue weighted by Crippen LogP contribution is -2.03. The summed E-state index contributed by atoms with van der Waals surface area (Å²) in [4.78, 5) is 0. The van der Waals surface area contributed by atoms with Gasteiger partial charge < -0.3 is 4.74 Å². The van der Waals surface area contributed by atoms with Gasteiger partial charge in [0.25, 0.3) is 0 Å². The highest BCUT2D eigenvalue weighted by atomic mass is 31.1. The van der Waals surface area contributed by atoms with Gasteiger partial charge in [0.2, 0.25) is 0 Å². The fraction of sp³-hybridized carbons (Fsp3) is 0.429. The summed E-state index contributed by atoms with van der Waals surface area (Å²) in [5, 5.41) is 1.54. The molecule has 0 aromatic heterocycles. The first kappa shape index (κ1) is 15.2. The van der Waals surface area contributed by atoms with E-state index in [4.69, 9.17) is 4.74 Å². The summed E-state index contributed by atoms with van der Waals surface area (Å²) in [5.74, 6) is 2.83. The van der Waals surface area contributed by atoms with Crippen molar-refractivity contribution in [3.63, 3.8) is 0 Å². The van der Waals surface area contributed by atoms with Gasteiger partial charge in [0.1, 0.15) is 5.75 Å². The minimum atomic E-state index is 0.0356. The van der Waals surface area contributed by atoms with Crippen molar-refractivity contribution in [1.82, 2.24) is 0 Å². The van der Waals surface area contributed by atoms with Gasteiger partial charge in [-0.3, -0.25) is 0 Å². The van der Waals surface area contributed by atoms with Crippen molar-refractivity contribution in [1.29, 1.82) is 0 Å². The van der Waals surface area contributed by atoms with Gasteiger partial charge in [-0.05, 0) is 78.9 Å². The Labute approximate surface area is 140 Å². The molecule has 2 saturated carbocycles. The molecule has 0 radical (unpaired) electrons. The molecule has 0 spiro atoms. The zero-order chi connectivity index (χ0) is 15.6. The second-order valence-corrected chi connectivity index (χ2v) is 9.43. The normalized spacial score (nSPS) is 18.7. The first-order valence-electron chi connectivity index (χ1n) is 8.82. The van der Waals surface area contributed by atoms with Crippen molar-refractivity contribution in [2.24, 2.45) is 11.8 Å². The molecule has 2 fully saturated rings. The summed E-state index contributed by atoms with van der Waals surface area (Å²) in [6.45, 7) is 3.31. The quantitative estimate of drug-likeness (QED) is 0.629. The van der Waals surface area contributed by atoms with E-state index in [0.717, 1.165) is 24.2 Å². The molecule has 0 N–H and O–H groups in total. The Bertz CT molecular complexity index is 639. The molecular weight excluding hydrogens is 299 g/mol. The van der Waals surface area contributed by atoms with Crippen molar-refractivity contribution in [2.75, 3.05) is 19.4 Å². The fourth-order valence-corrected chi connectivity index (χ4v) is 4.95. The number of hydrogen-bond donors (Lipinski definition) is 0. The van der Waals surface area contributed by atoms with Crippen LogP contribution < -0.4 is 10.0 Å². The molecule has 1 atom stereocenters. The Morgan fingerprint density at radius 3 is 1.96 bits per heavy atom. The molecule has 0 saturated heterocycles. The van der Waals surface area contributed by atoms with Crippen LogP contribution in [0.25, 0.3) is 11.1 Å². The summed E-state index contributed by atoms with van der Waals surface area (Å²) in [5.41, 5.74) is 2.58. The van der Waals surface area contributed by atoms with Gasteiger partial charge in [-0.2, -0.15) is 0 Å². The van der Waals surface area contributed by atoms with E-state index in [9.17, 15) is 0 Å². The Hall–Kier alpha value is -1.33. The van der Waals surface area contributed by atoms with E-state index in [1.807, 2.05) is 0 Å². The predicted molar refractivity (Wildman–Crippen MR) is 100 cm³/mol. The second kappa shape index (κ2) is 6.65. The Morgan fingerprint density at radius 1 is 0.826 bits per heavy atom. The molecule has 2 aromatic carbocycles. The van der Waals surface area contributed by atoms with E-state index in [1.54, 1.807) is 5.30 Å². The zero-order valence-corrected chi connectivity index (χ0v) is 14.8. The number of hydrogen-bond acceptors (Lipinski definition) is 1. The number of benzene rings is 2. The highest BCUT2D eigenvalue weighted by molar-refractivity contribution is 7.64. The van der Waals surface area contributed by atoms with Gasteiger partial charge in [0.05, 0.1) is 6.61 Å². The van der Waals surface area contributed by atoms with Gasteiger partial charge in [0, 0.05) is 0 Å². The van der Waals surface area contributed by atoms with Crippen LogP contribution in [-0.2, 0) is 0 Å². The molecule has 4 rings (SSSR count). The molecule has 2 aromatic rings. The van der Waals surface area contributed by atoms with Crippen molar-refractivity contribution >= 4 is 13.2 Å². The van der Waals surface area contributed by atoms with Gasteiger partial charge in [0.15, 0.2) is 0 Å². The van der Waals surface area contributed by atoms with Crippen LogP contribution in [0.4, 0.5) is 0 Å². The van der Waals surface area contributed by atoms with Gasteiger partial charge >= 0.3 is 0 Å². The molecule has 23 heavy (non-hydrogen) atoms. The Balaban J connectivity index is 1.40. The molecule has 2 aliphatic carbocycles. The molecule has 1 unspecified atom stereocenters. The average Bonchev–Trinajstić information content (AvgIpc) is 3.49. The summed E-state index contributed by atoms with van der Waals surface area (Å²) < 4.78 is 5.82. The maximum Gasteiger partial charge on any atom is 0.119 e. The third-order valence-corrected chi connectivity index (χ3v) is 7.15. The first-order chi connectivity index (χ1) is 11.3. The minimum Gasteiger partial charge on any atom is -0.493 e. The highest BCUT2D eigenvalue weighted by Crippen LogP contribution is 2.42. The van der Waals surface area contributed by atoms with Gasteiger partial charge in [-0.1, -0.05) is 44.3 Å². The summed E-state index contributed by atoms with van der Waals surface area (Å²) >= 11 is 0. The highest BCUT2D eigenvalue weighted by Gasteiger charge is 2.24. The van der Waals surface area contributed by atoms with Crippen molar-refractivity contribution in [3.8, 4) is 16.9 Å². The standard InChI is InChI=1S/C21H25OP/c1-23(15-17-4-5-17)21-12-8-19(9-13-21)18-6-10-20(11-7-18)22-14-16-2-3-16/h6-13,16-17H,2-5,14-15H2,1H3. The van der Waals surface area contributed by atoms with E-state index in [2.05, 4.69) is 55.2 Å². The van der Waals surface area contributed by atoms with E-state index in [0.29, 0.717) is 0 Å². The monoisotopic (exact) mass is 324 g/mol. The zero-order valence-electron chi connectivity index (χ0n) is 13.9. The van der Waals surface area contributed by atoms with E-state index >= 15 is 0 Å². The van der Waals surface area contributed by atoms with Crippen LogP contribution in [0.1, 0.15) is 25.7 Å². The Kier molecular flexibility index (Phi) is 4.40. The second-order valence-electron chi connectivity index (χ2n) is 7.15. The summed E-state index contributed by atoms with van der Waals surface area (Å²) in [6, 6.07) is 17.8. The maximum absolute atomic E-state index is 5.82. The average molecular weight is 324 g/mol. The number of rotatable bonds is 7. The molecule has 2 heteroatoms. The predicted octanol–water partition coefficient (Wildman–Crippen LogP) is 5.29. The van der Waals surface area contributed by atoms with Crippen LogP contribution >= 0.6 is 7.92 Å². The van der Waals surface area contributed by atoms with Crippen LogP contribution in [0.15, 0.2) is 48.5 Å². The largest absolute Gasteiger partial charge is 0.493 e. The summed E-state index contributed by atoms with van der Waals surface area (Å²) in [7, 11) is 0.0356. The van der Waals surface area contributed by atoms with Crippen LogP contribution in [0.2, 0.25) is 0 Å². The minimum absolute atomic E-state index is 0.0356. The van der Waals surface area contributed by atoms with Crippen LogP contribution in [0.5, 0.6) is 5.75 Å². The third-order valence-electron chi connectivity index (χ3n) is 4.91. The smallest absolute Gasteiger partial charge is 0.119 e. The molecular formula is C21H25OP. The molecule has 2 aliphatic rings. The van der Waals surface area contributed by atoms with Crippen molar-refractivity contribution < 1.29 is 4.74 Å². The molecule has 1 nitrogen and oxygen atoms in total. The van der Waals surface area contributed by atoms with E-state index in [1.165, 1.54) is 43.0 Å². The fourth-order valence-electron chi connectivity index (χ4n) is 2.94. The lowest BCUT2D eigenvalue weighted by atomic mass is 10.1. The molecule has 0 aliphatic heterocycles. The molecule has 120 valence electrons. The first-order valence-corrected chi connectivity index (χ1v) is 10.8. The van der Waals surface area contributed by atoms with Gasteiger partial charge in [-0.15, -0.1) is 0 Å². The van der Waals surface area contributed by atoms with Gasteiger partial charge in [-0.25, -0.2) is 0 Å². The van der Waals surface area contributed by atoms with E-state index < -0.39 is 0 Å². The van der Waals surface area contributed by atoms with Crippen LogP contribution in [-0.4, -0.2) is 19.4 Å². The van der Waals surface area contributed by atoms with Crippen molar-refractivity contribution in [3.05, 3.63) is 48.5 Å². The number of ether oxygens (including phenoxy) is 1. The lowest BCUT2D eigenvalue weighted by molar-refractivity contribution is 0.300. The van der Waals surface area contributed by atoms with Crippen LogP contribution in [0.3, 0.4) is 0 Å². The lowest BCUT2D eigenvalue weighted by Gasteiger charge is -2.13. The summed E-state index contributed by atoms with van der Waals surface area (Å²) in [6.07, 6.45) is 7.01. The Morgan fingerprint density at radius 2 is 1.39 bits per heavy atom. The molecule has 0 amide bonds. The third kappa shape index (κ3) is 4.15. The SMILES string of the molecule is CP(CC1CC1)c1ccc(-c2ccc(OCC3CC3)cc2)cc1. The topological polar surface area (TPSA) is 9.23 Å².